The zero-order valence-corrected chi connectivity index (χ0v) is 27.2. The molecule has 0 aliphatic carbocycles. The molecule has 5 aromatic rings. The molecular weight excluding hydrogens is 584 g/mol. The molecule has 0 atom stereocenters. The largest absolute Gasteiger partial charge is 0.356 e. The fraction of sp³-hybridized carbons (Fsp3) is 0.282. The number of nitrogens with one attached hydrogen (secondary N) is 3. The second-order valence-corrected chi connectivity index (χ2v) is 11.7. The van der Waals surface area contributed by atoms with E-state index in [9.17, 15) is 9.59 Å². The first-order chi connectivity index (χ1) is 22.9. The molecule has 8 heteroatoms. The van der Waals surface area contributed by atoms with E-state index in [-0.39, 0.29) is 11.8 Å². The summed E-state index contributed by atoms with van der Waals surface area (Å²) in [4.78, 5) is 27.9. The molecule has 8 nitrogen and oxygen atoms in total. The fourth-order valence-electron chi connectivity index (χ4n) is 5.70. The number of unbranched alkanes of at least 4 members (excludes halogenated alkanes) is 3. The Morgan fingerprint density at radius 2 is 1.55 bits per heavy atom. The van der Waals surface area contributed by atoms with Crippen LogP contribution in [0.1, 0.15) is 56.6 Å². The zero-order valence-electron chi connectivity index (χ0n) is 27.2. The quantitative estimate of drug-likeness (QED) is 0.107. The number of benzene rings is 3. The maximum Gasteiger partial charge on any atom is 0.219 e. The predicted octanol–water partition coefficient (Wildman–Crippen LogP) is 6.18. The fourth-order valence-corrected chi connectivity index (χ4v) is 5.70. The highest BCUT2D eigenvalue weighted by molar-refractivity contribution is 6.02. The summed E-state index contributed by atoms with van der Waals surface area (Å²) in [5.74, 6) is 6.64. The highest BCUT2D eigenvalue weighted by Crippen LogP contribution is 2.39. The van der Waals surface area contributed by atoms with Gasteiger partial charge in [-0.15, -0.1) is 0 Å². The molecule has 5 rings (SSSR count). The minimum absolute atomic E-state index is 0.0265. The van der Waals surface area contributed by atoms with E-state index >= 15 is 0 Å². The molecule has 0 bridgehead atoms. The number of nitrogens with zero attached hydrogens (tertiary/aromatic N) is 3. The van der Waals surface area contributed by atoms with Gasteiger partial charge in [-0.2, -0.15) is 0 Å². The third-order valence-electron chi connectivity index (χ3n) is 8.04. The second-order valence-electron chi connectivity index (χ2n) is 11.7. The van der Waals surface area contributed by atoms with Gasteiger partial charge in [0.05, 0.1) is 17.4 Å². The topological polar surface area (TPSA) is 105 Å². The molecule has 0 unspecified atom stereocenters. The molecule has 2 amide bonds. The molecule has 2 heterocycles. The van der Waals surface area contributed by atoms with Crippen molar-refractivity contribution in [2.75, 3.05) is 13.1 Å². The van der Waals surface area contributed by atoms with Crippen molar-refractivity contribution in [1.82, 2.24) is 24.8 Å². The Bertz CT molecular complexity index is 1950. The summed E-state index contributed by atoms with van der Waals surface area (Å²) >= 11 is 0. The Morgan fingerprint density at radius 3 is 2.28 bits per heavy atom. The van der Waals surface area contributed by atoms with Crippen molar-refractivity contribution in [3.8, 4) is 34.2 Å². The molecule has 0 aliphatic heterocycles. The maximum atomic E-state index is 12.1. The van der Waals surface area contributed by atoms with Crippen LogP contribution in [0.25, 0.3) is 33.4 Å². The Morgan fingerprint density at radius 1 is 0.851 bits per heavy atom. The van der Waals surface area contributed by atoms with E-state index in [2.05, 4.69) is 63.4 Å². The average Bonchev–Trinajstić information content (AvgIpc) is 3.41. The lowest BCUT2D eigenvalue weighted by atomic mass is 9.99. The lowest BCUT2D eigenvalue weighted by molar-refractivity contribution is -0.121. The number of aromatic nitrogens is 3. The summed E-state index contributed by atoms with van der Waals surface area (Å²) in [5.41, 5.74) is 7.39. The first kappa shape index (κ1) is 33.0. The van der Waals surface area contributed by atoms with Crippen molar-refractivity contribution >= 4 is 22.8 Å². The van der Waals surface area contributed by atoms with Gasteiger partial charge in [0, 0.05) is 57.6 Å². The summed E-state index contributed by atoms with van der Waals surface area (Å²) in [6.07, 6.45) is 6.29. The molecule has 3 aromatic carbocycles. The molecule has 240 valence electrons. The first-order valence-electron chi connectivity index (χ1n) is 16.2. The minimum Gasteiger partial charge on any atom is -0.356 e. The molecule has 0 radical (unpaired) electrons. The van der Waals surface area contributed by atoms with Gasteiger partial charge in [-0.05, 0) is 54.5 Å². The molecular formula is C39H42N6O2. The molecule has 0 saturated heterocycles. The van der Waals surface area contributed by atoms with Gasteiger partial charge in [-0.1, -0.05) is 84.6 Å². The van der Waals surface area contributed by atoms with Crippen molar-refractivity contribution < 1.29 is 9.59 Å². The predicted molar refractivity (Wildman–Crippen MR) is 187 cm³/mol. The number of fused-ring (bicyclic) bond motifs is 1. The molecule has 0 saturated carbocycles. The molecule has 0 fully saturated rings. The van der Waals surface area contributed by atoms with E-state index in [0.29, 0.717) is 31.5 Å². The van der Waals surface area contributed by atoms with Crippen molar-refractivity contribution in [2.24, 2.45) is 7.05 Å². The maximum absolute atomic E-state index is 12.1. The van der Waals surface area contributed by atoms with Crippen LogP contribution in [0, 0.1) is 17.3 Å². The van der Waals surface area contributed by atoms with Crippen LogP contribution < -0.4 is 16.1 Å². The Balaban J connectivity index is 1.29. The lowest BCUT2D eigenvalue weighted by Crippen LogP contribution is -2.26. The number of amides is 2. The van der Waals surface area contributed by atoms with Crippen molar-refractivity contribution in [3.05, 3.63) is 108 Å². The molecule has 47 heavy (non-hydrogen) atoms. The van der Waals surface area contributed by atoms with Crippen LogP contribution >= 0.6 is 0 Å². The summed E-state index contributed by atoms with van der Waals surface area (Å²) < 4.78 is 3.99. The normalized spacial score (nSPS) is 10.8. The second kappa shape index (κ2) is 16.2. The van der Waals surface area contributed by atoms with Crippen molar-refractivity contribution in [3.63, 3.8) is 0 Å². The molecule has 3 N–H and O–H groups in total. The number of rotatable bonds is 13. The van der Waals surface area contributed by atoms with Gasteiger partial charge in [0.25, 0.3) is 0 Å². The van der Waals surface area contributed by atoms with Gasteiger partial charge < -0.3 is 19.8 Å². The number of carbonyl (C=O) groups excluding carboxylic acids is 2. The molecule has 0 spiro atoms. The summed E-state index contributed by atoms with van der Waals surface area (Å²) in [7, 11) is 1.86. The van der Waals surface area contributed by atoms with Crippen LogP contribution in [0.2, 0.25) is 0 Å². The highest BCUT2D eigenvalue weighted by atomic mass is 16.2. The van der Waals surface area contributed by atoms with Crippen LogP contribution in [-0.2, 0) is 23.2 Å². The van der Waals surface area contributed by atoms with E-state index in [1.807, 2.05) is 55.6 Å². The standard InChI is InChI=1S/C39H42N6O2/c1-29(46)41-24-13-14-25-42-34(47)23-12-4-3-7-16-30-17-15-18-31(26-30)27-45-37(33-21-10-6-11-22-33)35(32-19-8-5-9-20-32)36-38(40)44(2)28-43-39(36)45/h5-6,8-11,15,17-22,26,28,40H,3-4,12-14,23-25,27H2,1-2H3,(H,41,46)(H,42,47). The summed E-state index contributed by atoms with van der Waals surface area (Å²) in [6, 6.07) is 28.9. The van der Waals surface area contributed by atoms with Gasteiger partial charge in [0.15, 0.2) is 0 Å². The van der Waals surface area contributed by atoms with Gasteiger partial charge in [-0.25, -0.2) is 4.98 Å². The number of aryl methyl sites for hydroxylation is 1. The third kappa shape index (κ3) is 8.65. The third-order valence-corrected chi connectivity index (χ3v) is 8.04. The summed E-state index contributed by atoms with van der Waals surface area (Å²) in [6.45, 7) is 3.35. The molecule has 0 aliphatic rings. The van der Waals surface area contributed by atoms with Gasteiger partial charge in [-0.3, -0.25) is 15.0 Å². The van der Waals surface area contributed by atoms with Crippen LogP contribution in [0.15, 0.2) is 91.3 Å². The van der Waals surface area contributed by atoms with E-state index in [0.717, 1.165) is 76.6 Å². The minimum atomic E-state index is -0.0265. The Hall–Kier alpha value is -5.42. The Labute approximate surface area is 276 Å². The SMILES string of the molecule is CC(=O)NCCCCNC(=O)CCCCC#Cc1cccc(Cn2c(-c3ccccc3)c(-c3ccccc3)c3c(=N)n(C)cnc32)c1. The monoisotopic (exact) mass is 626 g/mol. The number of hydrogen-bond donors (Lipinski definition) is 3. The van der Waals surface area contributed by atoms with Crippen LogP contribution in [0.3, 0.4) is 0 Å². The first-order valence-corrected chi connectivity index (χ1v) is 16.2. The zero-order chi connectivity index (χ0) is 33.0. The van der Waals surface area contributed by atoms with E-state index < -0.39 is 0 Å². The van der Waals surface area contributed by atoms with Gasteiger partial charge >= 0.3 is 0 Å². The van der Waals surface area contributed by atoms with E-state index in [1.54, 1.807) is 10.9 Å². The molecule has 2 aromatic heterocycles. The smallest absolute Gasteiger partial charge is 0.219 e. The van der Waals surface area contributed by atoms with E-state index in [1.165, 1.54) is 6.92 Å². The summed E-state index contributed by atoms with van der Waals surface area (Å²) in [5, 5.41) is 15.6. The lowest BCUT2D eigenvalue weighted by Gasteiger charge is -2.13. The number of carbonyl (C=O) groups is 2. The van der Waals surface area contributed by atoms with Gasteiger partial charge in [0.1, 0.15) is 11.1 Å². The van der Waals surface area contributed by atoms with Crippen LogP contribution in [0.4, 0.5) is 0 Å². The van der Waals surface area contributed by atoms with Crippen molar-refractivity contribution in [1.29, 1.82) is 5.41 Å². The van der Waals surface area contributed by atoms with E-state index in [4.69, 9.17) is 10.4 Å². The van der Waals surface area contributed by atoms with Crippen molar-refractivity contribution in [2.45, 2.75) is 52.0 Å². The highest BCUT2D eigenvalue weighted by Gasteiger charge is 2.23. The Kier molecular flexibility index (Phi) is 11.4. The van der Waals surface area contributed by atoms with Crippen LogP contribution in [0.5, 0.6) is 0 Å². The average molecular weight is 627 g/mol. The van der Waals surface area contributed by atoms with Crippen LogP contribution in [-0.4, -0.2) is 39.0 Å². The van der Waals surface area contributed by atoms with Gasteiger partial charge in [0.2, 0.25) is 11.8 Å². The number of hydrogen-bond acceptors (Lipinski definition) is 4.